The van der Waals surface area contributed by atoms with E-state index < -0.39 is 0 Å². The molecule has 2 heteroatoms. The van der Waals surface area contributed by atoms with Gasteiger partial charge in [-0.2, -0.15) is 0 Å². The van der Waals surface area contributed by atoms with Crippen LogP contribution in [0.2, 0.25) is 0 Å². The topological polar surface area (TPSA) is 25.1 Å². The minimum absolute atomic E-state index is 0.597. The summed E-state index contributed by atoms with van der Waals surface area (Å²) in [5.74, 6) is 0. The Morgan fingerprint density at radius 2 is 1.18 bits per heavy atom. The third-order valence-corrected chi connectivity index (χ3v) is 4.10. The Morgan fingerprint density at radius 1 is 0.647 bits per heavy atom. The van der Waals surface area contributed by atoms with Gasteiger partial charge in [-0.15, -0.1) is 0 Å². The molecule has 0 N–H and O–H groups in total. The van der Waals surface area contributed by atoms with Crippen LogP contribution in [0.1, 0.15) is 71.6 Å². The molecule has 0 aromatic rings. The number of hydrogen-bond donors (Lipinski definition) is 0. The van der Waals surface area contributed by atoms with Crippen LogP contribution in [0.25, 0.3) is 0 Å². The summed E-state index contributed by atoms with van der Waals surface area (Å²) in [6, 6.07) is 0. The molecule has 2 fully saturated rings. The van der Waals surface area contributed by atoms with E-state index in [2.05, 4.69) is 13.8 Å². The summed E-state index contributed by atoms with van der Waals surface area (Å²) in [7, 11) is 0. The molecule has 2 aliphatic heterocycles. The van der Waals surface area contributed by atoms with Crippen molar-refractivity contribution in [1.29, 1.82) is 0 Å². The van der Waals surface area contributed by atoms with E-state index in [-0.39, 0.29) is 0 Å². The average Bonchev–Trinajstić information content (AvgIpc) is 3.22. The monoisotopic (exact) mass is 240 g/mol. The fourth-order valence-electron chi connectivity index (χ4n) is 2.75. The molecule has 0 aromatic carbocycles. The SMILES string of the molecule is CCCCC1OC1CCCCCC1OC1CC. The van der Waals surface area contributed by atoms with Crippen LogP contribution in [0, 0.1) is 0 Å². The molecule has 2 rings (SSSR count). The second kappa shape index (κ2) is 6.75. The minimum Gasteiger partial charge on any atom is -0.370 e. The van der Waals surface area contributed by atoms with E-state index in [0.29, 0.717) is 24.4 Å². The maximum atomic E-state index is 5.67. The van der Waals surface area contributed by atoms with E-state index in [9.17, 15) is 0 Å². The van der Waals surface area contributed by atoms with Gasteiger partial charge in [0.05, 0.1) is 24.4 Å². The zero-order valence-corrected chi connectivity index (χ0v) is 11.5. The molecule has 2 saturated heterocycles. The van der Waals surface area contributed by atoms with Gasteiger partial charge in [-0.1, -0.05) is 46.0 Å². The van der Waals surface area contributed by atoms with E-state index in [1.165, 1.54) is 57.8 Å². The lowest BCUT2D eigenvalue weighted by Crippen LogP contribution is -1.95. The Morgan fingerprint density at radius 3 is 1.71 bits per heavy atom. The molecule has 17 heavy (non-hydrogen) atoms. The van der Waals surface area contributed by atoms with Crippen LogP contribution in [-0.2, 0) is 9.47 Å². The van der Waals surface area contributed by atoms with Gasteiger partial charge >= 0.3 is 0 Å². The van der Waals surface area contributed by atoms with Crippen molar-refractivity contribution in [3.05, 3.63) is 0 Å². The van der Waals surface area contributed by atoms with Crippen molar-refractivity contribution in [3.8, 4) is 0 Å². The molecule has 100 valence electrons. The second-order valence-electron chi connectivity index (χ2n) is 5.61. The second-order valence-corrected chi connectivity index (χ2v) is 5.61. The molecular weight excluding hydrogens is 212 g/mol. The van der Waals surface area contributed by atoms with Gasteiger partial charge < -0.3 is 9.47 Å². The average molecular weight is 240 g/mol. The van der Waals surface area contributed by atoms with Crippen LogP contribution in [-0.4, -0.2) is 24.4 Å². The van der Waals surface area contributed by atoms with Crippen molar-refractivity contribution in [2.75, 3.05) is 0 Å². The van der Waals surface area contributed by atoms with Crippen LogP contribution in [0.15, 0.2) is 0 Å². The quantitative estimate of drug-likeness (QED) is 0.425. The van der Waals surface area contributed by atoms with Crippen molar-refractivity contribution in [2.24, 2.45) is 0 Å². The summed E-state index contributed by atoms with van der Waals surface area (Å²) in [6.07, 6.45) is 14.2. The third-order valence-electron chi connectivity index (χ3n) is 4.10. The maximum absolute atomic E-state index is 5.67. The first-order valence-corrected chi connectivity index (χ1v) is 7.66. The molecule has 0 saturated carbocycles. The first kappa shape index (κ1) is 13.4. The smallest absolute Gasteiger partial charge is 0.0841 e. The Hall–Kier alpha value is -0.0800. The van der Waals surface area contributed by atoms with Crippen LogP contribution < -0.4 is 0 Å². The predicted molar refractivity (Wildman–Crippen MR) is 70.2 cm³/mol. The molecule has 0 spiro atoms. The van der Waals surface area contributed by atoms with Crippen LogP contribution in [0.4, 0.5) is 0 Å². The summed E-state index contributed by atoms with van der Waals surface area (Å²) in [5, 5.41) is 0. The zero-order valence-electron chi connectivity index (χ0n) is 11.5. The largest absolute Gasteiger partial charge is 0.370 e. The Bertz CT molecular complexity index is 217. The number of unbranched alkanes of at least 4 members (excludes halogenated alkanes) is 3. The Balaban J connectivity index is 1.36. The van der Waals surface area contributed by atoms with E-state index >= 15 is 0 Å². The predicted octanol–water partition coefficient (Wildman–Crippen LogP) is 4.07. The normalized spacial score (nSPS) is 34.9. The summed E-state index contributed by atoms with van der Waals surface area (Å²) in [5.41, 5.74) is 0. The molecule has 0 radical (unpaired) electrons. The maximum Gasteiger partial charge on any atom is 0.0841 e. The molecule has 0 amide bonds. The molecule has 4 unspecified atom stereocenters. The van der Waals surface area contributed by atoms with Crippen LogP contribution >= 0.6 is 0 Å². The molecule has 4 atom stereocenters. The lowest BCUT2D eigenvalue weighted by molar-refractivity contribution is 0.344. The van der Waals surface area contributed by atoms with Gasteiger partial charge in [-0.05, 0) is 25.7 Å². The van der Waals surface area contributed by atoms with Gasteiger partial charge in [0, 0.05) is 0 Å². The van der Waals surface area contributed by atoms with Gasteiger partial charge in [0.25, 0.3) is 0 Å². The van der Waals surface area contributed by atoms with Crippen LogP contribution in [0.5, 0.6) is 0 Å². The number of hydrogen-bond acceptors (Lipinski definition) is 2. The Labute approximate surface area is 106 Å². The fraction of sp³-hybridized carbons (Fsp3) is 1.00. The summed E-state index contributed by atoms with van der Waals surface area (Å²) < 4.78 is 11.2. The summed E-state index contributed by atoms with van der Waals surface area (Å²) in [4.78, 5) is 0. The highest BCUT2D eigenvalue weighted by Gasteiger charge is 2.37. The van der Waals surface area contributed by atoms with E-state index in [4.69, 9.17) is 9.47 Å². The highest BCUT2D eigenvalue weighted by molar-refractivity contribution is 4.85. The van der Waals surface area contributed by atoms with Crippen molar-refractivity contribution in [1.82, 2.24) is 0 Å². The van der Waals surface area contributed by atoms with Gasteiger partial charge in [0.1, 0.15) is 0 Å². The van der Waals surface area contributed by atoms with Gasteiger partial charge in [-0.25, -0.2) is 0 Å². The van der Waals surface area contributed by atoms with Gasteiger partial charge in [-0.3, -0.25) is 0 Å². The standard InChI is InChI=1S/C15H28O2/c1-3-5-9-14-15(17-14)11-8-6-7-10-13-12(4-2)16-13/h12-15H,3-11H2,1-2H3. The summed E-state index contributed by atoms with van der Waals surface area (Å²) in [6.45, 7) is 4.46. The number of epoxide rings is 2. The lowest BCUT2D eigenvalue weighted by Gasteiger charge is -1.98. The fourth-order valence-corrected chi connectivity index (χ4v) is 2.75. The highest BCUT2D eigenvalue weighted by atomic mass is 16.6. The summed E-state index contributed by atoms with van der Waals surface area (Å²) >= 11 is 0. The van der Waals surface area contributed by atoms with Crippen molar-refractivity contribution in [2.45, 2.75) is 96.1 Å². The molecular formula is C15H28O2. The van der Waals surface area contributed by atoms with E-state index in [1.807, 2.05) is 0 Å². The third kappa shape index (κ3) is 4.59. The van der Waals surface area contributed by atoms with Crippen molar-refractivity contribution < 1.29 is 9.47 Å². The highest BCUT2D eigenvalue weighted by Crippen LogP contribution is 2.32. The minimum atomic E-state index is 0.597. The Kier molecular flexibility index (Phi) is 5.30. The van der Waals surface area contributed by atoms with Crippen molar-refractivity contribution in [3.63, 3.8) is 0 Å². The van der Waals surface area contributed by atoms with E-state index in [1.54, 1.807) is 0 Å². The molecule has 2 nitrogen and oxygen atoms in total. The van der Waals surface area contributed by atoms with Crippen LogP contribution in [0.3, 0.4) is 0 Å². The molecule has 2 heterocycles. The first-order chi connectivity index (χ1) is 8.35. The number of rotatable bonds is 10. The number of ether oxygens (including phenoxy) is 2. The molecule has 2 aliphatic rings. The lowest BCUT2D eigenvalue weighted by atomic mass is 10.0. The van der Waals surface area contributed by atoms with Gasteiger partial charge in [0.2, 0.25) is 0 Å². The zero-order chi connectivity index (χ0) is 12.1. The molecule has 0 aromatic heterocycles. The first-order valence-electron chi connectivity index (χ1n) is 7.66. The van der Waals surface area contributed by atoms with Gasteiger partial charge in [0.15, 0.2) is 0 Å². The van der Waals surface area contributed by atoms with E-state index in [0.717, 1.165) is 0 Å². The van der Waals surface area contributed by atoms with Crippen molar-refractivity contribution >= 4 is 0 Å². The molecule has 0 bridgehead atoms. The molecule has 0 aliphatic carbocycles.